The maximum absolute atomic E-state index is 13.0. The predicted molar refractivity (Wildman–Crippen MR) is 129 cm³/mol. The quantitative estimate of drug-likeness (QED) is 0.404. The average Bonchev–Trinajstić information content (AvgIpc) is 3.22. The van der Waals surface area contributed by atoms with Gasteiger partial charge in [-0.05, 0) is 35.9 Å². The van der Waals surface area contributed by atoms with Crippen molar-refractivity contribution < 1.29 is 23.9 Å². The molecule has 4 rings (SSSR count). The molecule has 0 aliphatic carbocycles. The lowest BCUT2D eigenvalue weighted by atomic mass is 10.0. The van der Waals surface area contributed by atoms with Crippen LogP contribution in [0.5, 0.6) is 0 Å². The van der Waals surface area contributed by atoms with Crippen LogP contribution in [-0.2, 0) is 11.2 Å². The number of oxazole rings is 1. The molecule has 3 aromatic rings. The number of carbonyl (C=O) groups excluding carboxylic acids is 2. The van der Waals surface area contributed by atoms with Crippen molar-refractivity contribution in [3.8, 4) is 0 Å². The van der Waals surface area contributed by atoms with E-state index in [9.17, 15) is 24.3 Å². The lowest BCUT2D eigenvalue weighted by Gasteiger charge is -2.36. The maximum Gasteiger partial charge on any atom is 0.417 e. The molecule has 1 fully saturated rings. The number of halogens is 1. The van der Waals surface area contributed by atoms with Crippen molar-refractivity contribution in [2.75, 3.05) is 32.7 Å². The summed E-state index contributed by atoms with van der Waals surface area (Å²) in [4.78, 5) is 54.5. The minimum Gasteiger partial charge on any atom is -0.465 e. The first-order chi connectivity index (χ1) is 16.8. The molecule has 184 valence electrons. The Labute approximate surface area is 205 Å². The number of carboxylic acid groups (broad SMARTS) is 1. The van der Waals surface area contributed by atoms with Gasteiger partial charge in [0.1, 0.15) is 6.04 Å². The number of ketones is 1. The summed E-state index contributed by atoms with van der Waals surface area (Å²) >= 11 is 5.91. The number of piperazine rings is 1. The van der Waals surface area contributed by atoms with Gasteiger partial charge in [0.2, 0.25) is 5.91 Å². The lowest BCUT2D eigenvalue weighted by molar-refractivity contribution is -0.135. The van der Waals surface area contributed by atoms with Crippen molar-refractivity contribution in [1.29, 1.82) is 0 Å². The number of nitrogens with zero attached hydrogens (tertiary/aromatic N) is 2. The number of aromatic amines is 1. The van der Waals surface area contributed by atoms with Crippen molar-refractivity contribution in [3.05, 3.63) is 69.2 Å². The second kappa shape index (κ2) is 10.7. The molecule has 1 aromatic heterocycles. The normalized spacial score (nSPS) is 15.2. The molecule has 0 bridgehead atoms. The molecule has 2 aromatic carbocycles. The van der Waals surface area contributed by atoms with Gasteiger partial charge >= 0.3 is 11.8 Å². The molecule has 11 heteroatoms. The molecule has 0 spiro atoms. The molecule has 0 unspecified atom stereocenters. The fourth-order valence-electron chi connectivity index (χ4n) is 4.14. The van der Waals surface area contributed by atoms with Crippen LogP contribution in [-0.4, -0.2) is 76.4 Å². The number of hydrogen-bond donors (Lipinski definition) is 3. The highest BCUT2D eigenvalue weighted by molar-refractivity contribution is 6.30. The van der Waals surface area contributed by atoms with Crippen LogP contribution >= 0.6 is 11.6 Å². The van der Waals surface area contributed by atoms with E-state index in [1.54, 1.807) is 47.4 Å². The second-order valence-electron chi connectivity index (χ2n) is 8.40. The van der Waals surface area contributed by atoms with E-state index < -0.39 is 17.9 Å². The van der Waals surface area contributed by atoms with Gasteiger partial charge in [0.05, 0.1) is 5.52 Å². The standard InChI is InChI=1S/C24H25ClN4O6/c25-17-4-1-15(2-5-17)13-19(26-23(32)33)22(31)29-11-9-28(10-12-29)8-7-20(30)16-3-6-18-21(14-16)35-24(34)27-18/h1-6,14,19,26H,7-13H2,(H,27,34)(H,32,33)/t19-/m0/s1. The van der Waals surface area contributed by atoms with Gasteiger partial charge in [-0.2, -0.15) is 0 Å². The van der Waals surface area contributed by atoms with E-state index in [1.165, 1.54) is 0 Å². The summed E-state index contributed by atoms with van der Waals surface area (Å²) in [6.45, 7) is 2.55. The molecule has 2 amide bonds. The number of carbonyl (C=O) groups is 3. The molecule has 2 heterocycles. The minimum atomic E-state index is -1.26. The highest BCUT2D eigenvalue weighted by atomic mass is 35.5. The van der Waals surface area contributed by atoms with E-state index >= 15 is 0 Å². The first kappa shape index (κ1) is 24.5. The minimum absolute atomic E-state index is 0.0667. The van der Waals surface area contributed by atoms with Gasteiger partial charge in [-0.15, -0.1) is 0 Å². The Morgan fingerprint density at radius 2 is 1.80 bits per heavy atom. The Balaban J connectivity index is 1.29. The van der Waals surface area contributed by atoms with Gasteiger partial charge in [0.15, 0.2) is 11.4 Å². The van der Waals surface area contributed by atoms with E-state index in [0.29, 0.717) is 54.4 Å². The zero-order valence-electron chi connectivity index (χ0n) is 18.8. The molecular formula is C24H25ClN4O6. The van der Waals surface area contributed by atoms with Crippen LogP contribution < -0.4 is 11.1 Å². The zero-order valence-corrected chi connectivity index (χ0v) is 19.6. The first-order valence-corrected chi connectivity index (χ1v) is 11.6. The van der Waals surface area contributed by atoms with Gasteiger partial charge in [0.25, 0.3) is 0 Å². The summed E-state index contributed by atoms with van der Waals surface area (Å²) in [7, 11) is 0. The van der Waals surface area contributed by atoms with Crippen LogP contribution in [0, 0.1) is 0 Å². The monoisotopic (exact) mass is 500 g/mol. The van der Waals surface area contributed by atoms with Crippen LogP contribution in [0.1, 0.15) is 22.3 Å². The molecule has 0 saturated carbocycles. The molecule has 0 radical (unpaired) electrons. The van der Waals surface area contributed by atoms with Crippen LogP contribution in [0.15, 0.2) is 51.7 Å². The Hall–Kier alpha value is -3.63. The molecule has 1 atom stereocenters. The summed E-state index contributed by atoms with van der Waals surface area (Å²) in [5, 5.41) is 12.1. The smallest absolute Gasteiger partial charge is 0.417 e. The molecule has 10 nitrogen and oxygen atoms in total. The fraction of sp³-hybridized carbons (Fsp3) is 0.333. The van der Waals surface area contributed by atoms with Crippen LogP contribution in [0.25, 0.3) is 11.1 Å². The largest absolute Gasteiger partial charge is 0.465 e. The number of aromatic nitrogens is 1. The summed E-state index contributed by atoms with van der Waals surface area (Å²) in [5.41, 5.74) is 2.16. The molecule has 3 N–H and O–H groups in total. The van der Waals surface area contributed by atoms with E-state index in [4.69, 9.17) is 16.0 Å². The van der Waals surface area contributed by atoms with Crippen molar-refractivity contribution in [3.63, 3.8) is 0 Å². The number of nitrogens with one attached hydrogen (secondary N) is 2. The number of fused-ring (bicyclic) bond motifs is 1. The third-order valence-electron chi connectivity index (χ3n) is 6.03. The van der Waals surface area contributed by atoms with Crippen LogP contribution in [0.4, 0.5) is 4.79 Å². The van der Waals surface area contributed by atoms with Gasteiger partial charge in [-0.25, -0.2) is 9.59 Å². The number of Topliss-reactive ketones (excluding diaryl/α,β-unsaturated/α-hetero) is 1. The molecule has 1 saturated heterocycles. The van der Waals surface area contributed by atoms with E-state index in [2.05, 4.69) is 15.2 Å². The Bertz CT molecular complexity index is 1280. The first-order valence-electron chi connectivity index (χ1n) is 11.2. The predicted octanol–water partition coefficient (Wildman–Crippen LogP) is 2.37. The highest BCUT2D eigenvalue weighted by Gasteiger charge is 2.29. The van der Waals surface area contributed by atoms with Crippen molar-refractivity contribution in [1.82, 2.24) is 20.1 Å². The number of H-pyrrole nitrogens is 1. The number of amides is 2. The summed E-state index contributed by atoms with van der Waals surface area (Å²) < 4.78 is 5.01. The Morgan fingerprint density at radius 1 is 1.09 bits per heavy atom. The molecule has 35 heavy (non-hydrogen) atoms. The van der Waals surface area contributed by atoms with E-state index in [-0.39, 0.29) is 24.5 Å². The highest BCUT2D eigenvalue weighted by Crippen LogP contribution is 2.16. The lowest BCUT2D eigenvalue weighted by Crippen LogP contribution is -2.55. The summed E-state index contributed by atoms with van der Waals surface area (Å²) in [6, 6.07) is 10.9. The number of rotatable bonds is 8. The van der Waals surface area contributed by atoms with Crippen molar-refractivity contribution in [2.24, 2.45) is 0 Å². The molecular weight excluding hydrogens is 476 g/mol. The van der Waals surface area contributed by atoms with Crippen LogP contribution in [0.2, 0.25) is 5.02 Å². The SMILES string of the molecule is O=C(O)N[C@@H](Cc1ccc(Cl)cc1)C(=O)N1CCN(CCC(=O)c2ccc3[nH]c(=O)oc3c2)CC1. The van der Waals surface area contributed by atoms with E-state index in [1.807, 2.05) is 0 Å². The topological polar surface area (TPSA) is 136 Å². The van der Waals surface area contributed by atoms with Crippen LogP contribution in [0.3, 0.4) is 0 Å². The van der Waals surface area contributed by atoms with Crippen molar-refractivity contribution in [2.45, 2.75) is 18.9 Å². The van der Waals surface area contributed by atoms with Gasteiger partial charge < -0.3 is 19.7 Å². The molecule has 1 aliphatic rings. The second-order valence-corrected chi connectivity index (χ2v) is 8.83. The number of hydrogen-bond acceptors (Lipinski definition) is 6. The average molecular weight is 501 g/mol. The number of benzene rings is 2. The van der Waals surface area contributed by atoms with Gasteiger partial charge in [0, 0.05) is 56.2 Å². The summed E-state index contributed by atoms with van der Waals surface area (Å²) in [6.07, 6.45) is -0.747. The third kappa shape index (κ3) is 6.28. The zero-order chi connectivity index (χ0) is 24.9. The summed E-state index contributed by atoms with van der Waals surface area (Å²) in [5.74, 6) is -0.909. The third-order valence-corrected chi connectivity index (χ3v) is 6.28. The van der Waals surface area contributed by atoms with Crippen molar-refractivity contribution >= 4 is 40.5 Å². The molecule has 1 aliphatic heterocycles. The Morgan fingerprint density at radius 3 is 2.49 bits per heavy atom. The van der Waals surface area contributed by atoms with E-state index in [0.717, 1.165) is 5.56 Å². The van der Waals surface area contributed by atoms with Gasteiger partial charge in [-0.1, -0.05) is 23.7 Å². The van der Waals surface area contributed by atoms with Gasteiger partial charge in [-0.3, -0.25) is 19.5 Å². The fourth-order valence-corrected chi connectivity index (χ4v) is 4.27. The Kier molecular flexibility index (Phi) is 7.52. The maximum atomic E-state index is 13.0.